The van der Waals surface area contributed by atoms with Crippen LogP contribution < -0.4 is 0 Å². The first-order valence-electron chi connectivity index (χ1n) is 7.50. The summed E-state index contributed by atoms with van der Waals surface area (Å²) in [5.41, 5.74) is 5.92. The van der Waals surface area contributed by atoms with Gasteiger partial charge in [-0.05, 0) is 43.4 Å². The van der Waals surface area contributed by atoms with Gasteiger partial charge in [-0.3, -0.25) is 9.89 Å². The Bertz CT molecular complexity index is 640. The summed E-state index contributed by atoms with van der Waals surface area (Å²) in [6.07, 6.45) is 2.29. The molecule has 0 fully saturated rings. The Morgan fingerprint density at radius 1 is 1.29 bits per heavy atom. The van der Waals surface area contributed by atoms with Crippen LogP contribution in [0.2, 0.25) is 0 Å². The van der Waals surface area contributed by atoms with Crippen molar-refractivity contribution < 1.29 is 4.79 Å². The zero-order chi connectivity index (χ0) is 14.8. The molecule has 110 valence electrons. The molecule has 4 nitrogen and oxygen atoms in total. The van der Waals surface area contributed by atoms with Crippen LogP contribution in [-0.4, -0.2) is 27.5 Å². The van der Waals surface area contributed by atoms with E-state index in [9.17, 15) is 4.79 Å². The van der Waals surface area contributed by atoms with E-state index in [4.69, 9.17) is 0 Å². The number of aryl methyl sites for hydroxylation is 2. The monoisotopic (exact) mass is 283 g/mol. The van der Waals surface area contributed by atoms with Crippen molar-refractivity contribution in [2.75, 3.05) is 6.54 Å². The second-order valence-electron chi connectivity index (χ2n) is 5.75. The molecular weight excluding hydrogens is 262 g/mol. The van der Waals surface area contributed by atoms with Crippen LogP contribution in [0.3, 0.4) is 0 Å². The van der Waals surface area contributed by atoms with E-state index < -0.39 is 0 Å². The Morgan fingerprint density at radius 2 is 2.05 bits per heavy atom. The van der Waals surface area contributed by atoms with Gasteiger partial charge < -0.3 is 4.90 Å². The normalized spacial score (nSPS) is 14.1. The topological polar surface area (TPSA) is 49.0 Å². The lowest BCUT2D eigenvalue weighted by atomic mass is 9.99. The van der Waals surface area contributed by atoms with Crippen molar-refractivity contribution in [1.29, 1.82) is 0 Å². The van der Waals surface area contributed by atoms with E-state index in [1.54, 1.807) is 0 Å². The molecule has 1 aliphatic heterocycles. The van der Waals surface area contributed by atoms with Gasteiger partial charge >= 0.3 is 0 Å². The minimum absolute atomic E-state index is 0.240. The molecule has 0 saturated heterocycles. The first-order chi connectivity index (χ1) is 10.1. The summed E-state index contributed by atoms with van der Waals surface area (Å²) in [7, 11) is 0. The van der Waals surface area contributed by atoms with Gasteiger partial charge in [0, 0.05) is 25.2 Å². The number of fused-ring (bicyclic) bond motifs is 1. The Kier molecular flexibility index (Phi) is 3.78. The van der Waals surface area contributed by atoms with E-state index in [1.807, 2.05) is 24.8 Å². The van der Waals surface area contributed by atoms with Crippen LogP contribution in [0, 0.1) is 13.8 Å². The summed E-state index contributed by atoms with van der Waals surface area (Å²) >= 11 is 0. The average Bonchev–Trinajstić information content (AvgIpc) is 2.83. The molecule has 1 aromatic carbocycles. The maximum absolute atomic E-state index is 12.4. The molecule has 2 heterocycles. The van der Waals surface area contributed by atoms with E-state index in [-0.39, 0.29) is 5.91 Å². The molecule has 0 radical (unpaired) electrons. The molecule has 0 saturated carbocycles. The molecule has 3 rings (SSSR count). The van der Waals surface area contributed by atoms with Crippen molar-refractivity contribution >= 4 is 5.91 Å². The third-order valence-electron chi connectivity index (χ3n) is 4.35. The lowest BCUT2D eigenvalue weighted by Crippen LogP contribution is -2.36. The molecule has 0 spiro atoms. The van der Waals surface area contributed by atoms with E-state index >= 15 is 0 Å². The molecule has 1 aliphatic rings. The van der Waals surface area contributed by atoms with Crippen LogP contribution in [-0.2, 0) is 24.2 Å². The zero-order valence-electron chi connectivity index (χ0n) is 12.6. The summed E-state index contributed by atoms with van der Waals surface area (Å²) in [6.45, 7) is 5.58. The molecule has 21 heavy (non-hydrogen) atoms. The summed E-state index contributed by atoms with van der Waals surface area (Å²) < 4.78 is 0. The van der Waals surface area contributed by atoms with Crippen molar-refractivity contribution in [1.82, 2.24) is 15.1 Å². The summed E-state index contributed by atoms with van der Waals surface area (Å²) in [5, 5.41) is 7.16. The fourth-order valence-electron chi connectivity index (χ4n) is 3.04. The van der Waals surface area contributed by atoms with Gasteiger partial charge in [0.15, 0.2) is 0 Å². The number of amides is 1. The quantitative estimate of drug-likeness (QED) is 0.941. The van der Waals surface area contributed by atoms with Crippen LogP contribution in [0.25, 0.3) is 0 Å². The van der Waals surface area contributed by atoms with Gasteiger partial charge in [-0.1, -0.05) is 24.3 Å². The second kappa shape index (κ2) is 5.72. The van der Waals surface area contributed by atoms with E-state index in [0.29, 0.717) is 6.42 Å². The van der Waals surface area contributed by atoms with Gasteiger partial charge in [-0.15, -0.1) is 0 Å². The number of aromatic amines is 1. The van der Waals surface area contributed by atoms with Gasteiger partial charge in [0.25, 0.3) is 0 Å². The lowest BCUT2D eigenvalue weighted by molar-refractivity contribution is -0.132. The van der Waals surface area contributed by atoms with E-state index in [0.717, 1.165) is 37.3 Å². The van der Waals surface area contributed by atoms with Crippen molar-refractivity contribution in [3.8, 4) is 0 Å². The molecule has 4 heteroatoms. The van der Waals surface area contributed by atoms with Gasteiger partial charge in [-0.2, -0.15) is 5.10 Å². The highest BCUT2D eigenvalue weighted by Gasteiger charge is 2.20. The van der Waals surface area contributed by atoms with Crippen molar-refractivity contribution in [2.24, 2.45) is 0 Å². The van der Waals surface area contributed by atoms with Crippen LogP contribution >= 0.6 is 0 Å². The highest BCUT2D eigenvalue weighted by molar-refractivity contribution is 5.76. The predicted octanol–water partition coefficient (Wildman–Crippen LogP) is 2.54. The number of aromatic nitrogens is 2. The smallest absolute Gasteiger partial charge is 0.223 e. The molecule has 0 atom stereocenters. The van der Waals surface area contributed by atoms with Crippen molar-refractivity contribution in [3.63, 3.8) is 0 Å². The van der Waals surface area contributed by atoms with Crippen molar-refractivity contribution in [2.45, 2.75) is 39.7 Å². The number of nitrogens with one attached hydrogen (secondary N) is 1. The number of hydrogen-bond acceptors (Lipinski definition) is 2. The maximum Gasteiger partial charge on any atom is 0.223 e. The van der Waals surface area contributed by atoms with Crippen LogP contribution in [0.15, 0.2) is 24.3 Å². The lowest BCUT2D eigenvalue weighted by Gasteiger charge is -2.29. The summed E-state index contributed by atoms with van der Waals surface area (Å²) in [5.74, 6) is 0.240. The third-order valence-corrected chi connectivity index (χ3v) is 4.35. The number of carbonyl (C=O) groups excluding carboxylic acids is 1. The fourth-order valence-corrected chi connectivity index (χ4v) is 3.04. The van der Waals surface area contributed by atoms with Gasteiger partial charge in [-0.25, -0.2) is 0 Å². The zero-order valence-corrected chi connectivity index (χ0v) is 12.6. The van der Waals surface area contributed by atoms with E-state index in [2.05, 4.69) is 28.4 Å². The Balaban J connectivity index is 1.62. The molecule has 0 aliphatic carbocycles. The van der Waals surface area contributed by atoms with Crippen LogP contribution in [0.1, 0.15) is 34.5 Å². The molecule has 0 bridgehead atoms. The Hall–Kier alpha value is -2.10. The highest BCUT2D eigenvalue weighted by Crippen LogP contribution is 2.20. The largest absolute Gasteiger partial charge is 0.338 e. The summed E-state index contributed by atoms with van der Waals surface area (Å²) in [6, 6.07) is 8.40. The molecule has 1 aromatic heterocycles. The predicted molar refractivity (Wildman–Crippen MR) is 81.9 cm³/mol. The minimum atomic E-state index is 0.240. The highest BCUT2D eigenvalue weighted by atomic mass is 16.2. The first kappa shape index (κ1) is 13.9. The molecular formula is C17H21N3O. The van der Waals surface area contributed by atoms with Gasteiger partial charge in [0.05, 0.1) is 5.69 Å². The maximum atomic E-state index is 12.4. The number of benzene rings is 1. The van der Waals surface area contributed by atoms with Crippen LogP contribution in [0.5, 0.6) is 0 Å². The molecule has 0 unspecified atom stereocenters. The number of rotatable bonds is 3. The molecule has 2 aromatic rings. The number of carbonyl (C=O) groups is 1. The minimum Gasteiger partial charge on any atom is -0.338 e. The molecule has 1 N–H and O–H groups in total. The van der Waals surface area contributed by atoms with Gasteiger partial charge in [0.2, 0.25) is 5.91 Å². The Labute approximate surface area is 125 Å². The second-order valence-corrected chi connectivity index (χ2v) is 5.75. The third kappa shape index (κ3) is 2.84. The Morgan fingerprint density at radius 3 is 2.76 bits per heavy atom. The number of hydrogen-bond donors (Lipinski definition) is 1. The average molecular weight is 283 g/mol. The first-order valence-corrected chi connectivity index (χ1v) is 7.50. The van der Waals surface area contributed by atoms with Gasteiger partial charge in [0.1, 0.15) is 0 Å². The molecule has 1 amide bonds. The fraction of sp³-hybridized carbons (Fsp3) is 0.412. The SMILES string of the molecule is Cc1n[nH]c(C)c1CCC(=O)N1CCc2ccccc2C1. The number of H-pyrrole nitrogens is 1. The summed E-state index contributed by atoms with van der Waals surface area (Å²) in [4.78, 5) is 14.4. The number of nitrogens with zero attached hydrogens (tertiary/aromatic N) is 2. The van der Waals surface area contributed by atoms with Crippen LogP contribution in [0.4, 0.5) is 0 Å². The standard InChI is InChI=1S/C17H21N3O/c1-12-16(13(2)19-18-12)7-8-17(21)20-10-9-14-5-3-4-6-15(14)11-20/h3-6H,7-11H2,1-2H3,(H,18,19). The van der Waals surface area contributed by atoms with E-state index in [1.165, 1.54) is 16.7 Å². The van der Waals surface area contributed by atoms with Crippen molar-refractivity contribution in [3.05, 3.63) is 52.3 Å².